The van der Waals surface area contributed by atoms with Crippen LogP contribution >= 0.6 is 0 Å². The van der Waals surface area contributed by atoms with Gasteiger partial charge in [0.05, 0.1) is 12.8 Å². The van der Waals surface area contributed by atoms with Crippen molar-refractivity contribution in [3.05, 3.63) is 48.4 Å². The lowest BCUT2D eigenvalue weighted by molar-refractivity contribution is -0.125. The molecule has 208 valence electrons. The molecule has 0 aromatic rings. The summed E-state index contributed by atoms with van der Waals surface area (Å²) >= 11 is 0. The number of hydrogen-bond acceptors (Lipinski definition) is 9. The second kappa shape index (κ2) is 11.5. The summed E-state index contributed by atoms with van der Waals surface area (Å²) in [5.74, 6) is 2.01. The molecule has 5 heterocycles. The highest BCUT2D eigenvalue weighted by atomic mass is 16.5. The van der Waals surface area contributed by atoms with Crippen molar-refractivity contribution in [3.8, 4) is 0 Å². The topological polar surface area (TPSA) is 105 Å². The molecule has 10 nitrogen and oxygen atoms in total. The van der Waals surface area contributed by atoms with Crippen LogP contribution in [0.1, 0.15) is 39.0 Å². The second-order valence-corrected chi connectivity index (χ2v) is 11.6. The molecule has 0 radical (unpaired) electrons. The molecule has 1 aliphatic carbocycles. The lowest BCUT2D eigenvalue weighted by Crippen LogP contribution is -2.69. The molecule has 1 amide bonds. The number of ether oxygens (including phenoxy) is 1. The number of hydrazine groups is 1. The number of piperidine rings is 1. The lowest BCUT2D eigenvalue weighted by atomic mass is 9.79. The van der Waals surface area contributed by atoms with Gasteiger partial charge in [-0.25, -0.2) is 5.43 Å². The summed E-state index contributed by atoms with van der Waals surface area (Å²) < 4.78 is 6.47. The third-order valence-electron chi connectivity index (χ3n) is 9.29. The maximum Gasteiger partial charge on any atom is 0.246 e. The van der Waals surface area contributed by atoms with E-state index in [0.717, 1.165) is 64.3 Å². The van der Waals surface area contributed by atoms with Crippen LogP contribution in [0.15, 0.2) is 48.4 Å². The van der Waals surface area contributed by atoms with Crippen LogP contribution in [0.4, 0.5) is 0 Å². The summed E-state index contributed by atoms with van der Waals surface area (Å²) in [4.78, 5) is 13.8. The summed E-state index contributed by atoms with van der Waals surface area (Å²) in [6.45, 7) is 10.0. The number of carbonyl (C=O) groups excluding carboxylic acids is 1. The number of fused-ring (bicyclic) bond motifs is 2. The van der Waals surface area contributed by atoms with Gasteiger partial charge in [-0.05, 0) is 56.3 Å². The highest BCUT2D eigenvalue weighted by Crippen LogP contribution is 2.32. The molecule has 8 atom stereocenters. The largest absolute Gasteiger partial charge is 0.490 e. The molecular formula is C28H44N8O2. The molecule has 1 saturated carbocycles. The molecule has 8 unspecified atom stereocenters. The first-order valence-corrected chi connectivity index (χ1v) is 14.5. The van der Waals surface area contributed by atoms with E-state index in [1.165, 1.54) is 11.6 Å². The zero-order chi connectivity index (χ0) is 26.1. The summed E-state index contributed by atoms with van der Waals surface area (Å²) in [6.07, 6.45) is 16.1. The standard InChI is InChI=1S/C28H44N8O2/c1-3-27(37)35-9-6-19(7-10-35)23-14-22-24(15-29-23)30-16-32-28(22)34-20-4-5-25(18(2)12-20)38-21-8-11-36-26(13-21)31-17-33-36/h3,6,8,11,13,18,20,22-26,28-34H,1,4-5,7,9-10,12,14-17H2,2H3. The Bertz CT molecular complexity index is 982. The van der Waals surface area contributed by atoms with E-state index in [-0.39, 0.29) is 18.2 Å². The molecule has 6 N–H and O–H groups in total. The van der Waals surface area contributed by atoms with Crippen molar-refractivity contribution in [2.75, 3.05) is 33.0 Å². The highest BCUT2D eigenvalue weighted by Gasteiger charge is 2.41. The monoisotopic (exact) mass is 524 g/mol. The van der Waals surface area contributed by atoms with Gasteiger partial charge in [0.25, 0.3) is 0 Å². The average Bonchev–Trinajstić information content (AvgIpc) is 3.42. The van der Waals surface area contributed by atoms with Gasteiger partial charge in [-0.15, -0.1) is 0 Å². The van der Waals surface area contributed by atoms with Crippen LogP contribution in [0, 0.1) is 11.8 Å². The molecule has 38 heavy (non-hydrogen) atoms. The fourth-order valence-electron chi connectivity index (χ4n) is 7.07. The lowest BCUT2D eigenvalue weighted by Gasteiger charge is -2.48. The zero-order valence-corrected chi connectivity index (χ0v) is 22.5. The van der Waals surface area contributed by atoms with Crippen LogP contribution in [0.25, 0.3) is 0 Å². The number of carbonyl (C=O) groups is 1. The number of amides is 1. The predicted octanol–water partition coefficient (Wildman–Crippen LogP) is 0.422. The minimum Gasteiger partial charge on any atom is -0.490 e. The average molecular weight is 525 g/mol. The number of hydrogen-bond donors (Lipinski definition) is 6. The fraction of sp³-hybridized carbons (Fsp3) is 0.679. The Morgan fingerprint density at radius 3 is 2.92 bits per heavy atom. The maximum absolute atomic E-state index is 12.0. The smallest absolute Gasteiger partial charge is 0.246 e. The summed E-state index contributed by atoms with van der Waals surface area (Å²) in [5.41, 5.74) is 4.73. The first-order valence-electron chi connectivity index (χ1n) is 14.5. The highest BCUT2D eigenvalue weighted by molar-refractivity contribution is 5.87. The number of nitrogens with zero attached hydrogens (tertiary/aromatic N) is 2. The molecule has 0 aromatic heterocycles. The van der Waals surface area contributed by atoms with Gasteiger partial charge >= 0.3 is 0 Å². The van der Waals surface area contributed by atoms with E-state index in [1.807, 2.05) is 4.90 Å². The Labute approximate surface area is 226 Å². The molecule has 0 aromatic carbocycles. The van der Waals surface area contributed by atoms with Crippen LogP contribution in [0.3, 0.4) is 0 Å². The van der Waals surface area contributed by atoms with Crippen molar-refractivity contribution < 1.29 is 9.53 Å². The summed E-state index contributed by atoms with van der Waals surface area (Å²) in [6, 6.07) is 1.34. The van der Waals surface area contributed by atoms with Crippen molar-refractivity contribution in [2.45, 2.75) is 75.6 Å². The zero-order valence-electron chi connectivity index (χ0n) is 22.5. The second-order valence-electron chi connectivity index (χ2n) is 11.6. The van der Waals surface area contributed by atoms with Crippen LogP contribution in [-0.2, 0) is 9.53 Å². The first kappa shape index (κ1) is 26.0. The Morgan fingerprint density at radius 2 is 2.11 bits per heavy atom. The minimum atomic E-state index is 0.0259. The molecule has 6 aliphatic rings. The Morgan fingerprint density at radius 1 is 1.18 bits per heavy atom. The summed E-state index contributed by atoms with van der Waals surface area (Å²) in [7, 11) is 0. The first-order chi connectivity index (χ1) is 18.6. The molecule has 6 rings (SSSR count). The number of rotatable bonds is 6. The number of allylic oxidation sites excluding steroid dienone is 1. The van der Waals surface area contributed by atoms with E-state index in [0.29, 0.717) is 42.7 Å². The van der Waals surface area contributed by atoms with Gasteiger partial charge in [0.15, 0.2) is 0 Å². The molecule has 0 bridgehead atoms. The minimum absolute atomic E-state index is 0.0259. The molecule has 0 spiro atoms. The van der Waals surface area contributed by atoms with E-state index in [9.17, 15) is 4.79 Å². The van der Waals surface area contributed by atoms with E-state index in [4.69, 9.17) is 4.74 Å². The normalized spacial score (nSPS) is 39.1. The Kier molecular flexibility index (Phi) is 7.87. The Balaban J connectivity index is 1.02. The van der Waals surface area contributed by atoms with Gasteiger partial charge < -0.3 is 15.0 Å². The van der Waals surface area contributed by atoms with Gasteiger partial charge in [-0.1, -0.05) is 25.2 Å². The van der Waals surface area contributed by atoms with Crippen LogP contribution < -0.4 is 32.0 Å². The Hall–Kier alpha value is -2.21. The van der Waals surface area contributed by atoms with E-state index < -0.39 is 0 Å². The van der Waals surface area contributed by atoms with Crippen LogP contribution in [-0.4, -0.2) is 85.3 Å². The summed E-state index contributed by atoms with van der Waals surface area (Å²) in [5, 5.41) is 20.7. The SMILES string of the molecule is C=CC(=O)N1CC=C(C2CC3C(CN2)NCNC3NC2CCC(OC3=CC4NCNN4C=C3)C(C)C2)CC1. The molecule has 4 fully saturated rings. The molecule has 5 aliphatic heterocycles. The molecule has 10 heteroatoms. The molecule has 3 saturated heterocycles. The van der Waals surface area contributed by atoms with Crippen molar-refractivity contribution in [1.82, 2.24) is 41.9 Å². The predicted molar refractivity (Wildman–Crippen MR) is 147 cm³/mol. The van der Waals surface area contributed by atoms with Gasteiger partial charge in [0, 0.05) is 56.5 Å². The van der Waals surface area contributed by atoms with Gasteiger partial charge in [0.2, 0.25) is 5.91 Å². The molecular weight excluding hydrogens is 480 g/mol. The van der Waals surface area contributed by atoms with Crippen molar-refractivity contribution >= 4 is 5.91 Å². The van der Waals surface area contributed by atoms with Crippen LogP contribution in [0.5, 0.6) is 0 Å². The van der Waals surface area contributed by atoms with E-state index >= 15 is 0 Å². The van der Waals surface area contributed by atoms with E-state index in [1.54, 1.807) is 0 Å². The maximum atomic E-state index is 12.0. The van der Waals surface area contributed by atoms with Crippen molar-refractivity contribution in [2.24, 2.45) is 11.8 Å². The quantitative estimate of drug-likeness (QED) is 0.218. The fourth-order valence-corrected chi connectivity index (χ4v) is 7.07. The van der Waals surface area contributed by atoms with Crippen LogP contribution in [0.2, 0.25) is 0 Å². The van der Waals surface area contributed by atoms with Gasteiger partial charge in [0.1, 0.15) is 18.0 Å². The van der Waals surface area contributed by atoms with Crippen molar-refractivity contribution in [3.63, 3.8) is 0 Å². The third kappa shape index (κ3) is 5.57. The number of nitrogens with one attached hydrogen (secondary N) is 6. The van der Waals surface area contributed by atoms with E-state index in [2.05, 4.69) is 74.9 Å². The third-order valence-corrected chi connectivity index (χ3v) is 9.29. The van der Waals surface area contributed by atoms with Crippen molar-refractivity contribution in [1.29, 1.82) is 0 Å². The van der Waals surface area contributed by atoms with Gasteiger partial charge in [-0.2, -0.15) is 0 Å². The van der Waals surface area contributed by atoms with Gasteiger partial charge in [-0.3, -0.25) is 31.1 Å².